The van der Waals surface area contributed by atoms with Crippen molar-refractivity contribution in [2.75, 3.05) is 11.2 Å². The van der Waals surface area contributed by atoms with Crippen molar-refractivity contribution in [2.45, 2.75) is 5.37 Å². The molecule has 0 saturated heterocycles. The zero-order valence-corrected chi connectivity index (χ0v) is 11.8. The van der Waals surface area contributed by atoms with E-state index in [1.165, 1.54) is 6.07 Å². The minimum atomic E-state index is -3.64. The number of hydrogen-bond acceptors (Lipinski definition) is 6. The number of nitrogens with zero attached hydrogens (tertiary/aromatic N) is 4. The molecule has 1 aromatic rings. The van der Waals surface area contributed by atoms with Crippen molar-refractivity contribution in [3.8, 4) is 0 Å². The molecule has 102 valence electrons. The second-order valence-electron chi connectivity index (χ2n) is 3.65. The molecular formula is C9H7Cl2FN4O2S. The number of amidine groups is 1. The predicted molar refractivity (Wildman–Crippen MR) is 70.3 cm³/mol. The van der Waals surface area contributed by atoms with E-state index in [2.05, 4.69) is 15.0 Å². The van der Waals surface area contributed by atoms with Gasteiger partial charge in [0.25, 0.3) is 0 Å². The van der Waals surface area contributed by atoms with Gasteiger partial charge >= 0.3 is 6.08 Å². The first-order valence-corrected chi connectivity index (χ1v) is 7.57. The summed E-state index contributed by atoms with van der Waals surface area (Å²) in [7, 11) is -3.64. The summed E-state index contributed by atoms with van der Waals surface area (Å²) in [5.74, 6) is -0.0528. The smallest absolute Gasteiger partial charge is 0.278 e. The molecule has 1 atom stereocenters. The molecule has 1 aromatic heterocycles. The Morgan fingerprint density at radius 3 is 2.68 bits per heavy atom. The Morgan fingerprint density at radius 2 is 2.11 bits per heavy atom. The summed E-state index contributed by atoms with van der Waals surface area (Å²) in [6, 6.07) is 1.30. The maximum absolute atomic E-state index is 13.0. The highest BCUT2D eigenvalue weighted by molar-refractivity contribution is 7.91. The first-order valence-electron chi connectivity index (χ1n) is 4.86. The Kier molecular flexibility index (Phi) is 3.75. The van der Waals surface area contributed by atoms with E-state index in [1.807, 2.05) is 0 Å². The Balaban J connectivity index is 2.58. The average Bonchev–Trinajstić information content (AvgIpc) is 2.30. The number of sulfone groups is 1. The second kappa shape index (κ2) is 5.03. The molecule has 1 aliphatic heterocycles. The summed E-state index contributed by atoms with van der Waals surface area (Å²) in [6.07, 6.45) is 2.23. The topological polar surface area (TPSA) is 75.5 Å². The van der Waals surface area contributed by atoms with Gasteiger partial charge in [-0.1, -0.05) is 11.6 Å². The van der Waals surface area contributed by atoms with Crippen LogP contribution in [0.25, 0.3) is 0 Å². The molecule has 0 bridgehead atoms. The predicted octanol–water partition coefficient (Wildman–Crippen LogP) is 1.48. The summed E-state index contributed by atoms with van der Waals surface area (Å²) >= 11 is 11.7. The number of aromatic nitrogens is 2. The number of hydrogen-bond donors (Lipinski definition) is 0. The highest BCUT2D eigenvalue weighted by Crippen LogP contribution is 2.29. The Bertz CT molecular complexity index is 677. The van der Waals surface area contributed by atoms with Gasteiger partial charge in [-0.3, -0.25) is 4.90 Å². The normalized spacial score (nSPS) is 20.0. The average molecular weight is 325 g/mol. The molecule has 0 amide bonds. The van der Waals surface area contributed by atoms with Crippen molar-refractivity contribution in [2.24, 2.45) is 4.99 Å². The Morgan fingerprint density at radius 1 is 1.42 bits per heavy atom. The summed E-state index contributed by atoms with van der Waals surface area (Å²) in [4.78, 5) is 11.5. The molecule has 6 nitrogen and oxygen atoms in total. The molecule has 0 aliphatic carbocycles. The summed E-state index contributed by atoms with van der Waals surface area (Å²) in [6.45, 7) is 0. The minimum absolute atomic E-state index is 0.0528. The quantitative estimate of drug-likeness (QED) is 0.608. The van der Waals surface area contributed by atoms with Crippen LogP contribution in [-0.2, 0) is 9.84 Å². The zero-order chi connectivity index (χ0) is 14.2. The minimum Gasteiger partial charge on any atom is -0.278 e. The van der Waals surface area contributed by atoms with E-state index in [0.717, 1.165) is 23.6 Å². The SMILES string of the molecule is CS(=O)(=O)C1C(Cl)=CN=C(Cl)N1c1ccnc(F)n1. The van der Waals surface area contributed by atoms with E-state index >= 15 is 0 Å². The van der Waals surface area contributed by atoms with E-state index in [9.17, 15) is 12.8 Å². The maximum Gasteiger partial charge on any atom is 0.310 e. The molecule has 0 fully saturated rings. The van der Waals surface area contributed by atoms with E-state index < -0.39 is 21.3 Å². The summed E-state index contributed by atoms with van der Waals surface area (Å²) < 4.78 is 36.6. The molecule has 1 unspecified atom stereocenters. The van der Waals surface area contributed by atoms with Crippen LogP contribution in [0.15, 0.2) is 28.5 Å². The van der Waals surface area contributed by atoms with Crippen molar-refractivity contribution < 1.29 is 12.8 Å². The molecule has 19 heavy (non-hydrogen) atoms. The van der Waals surface area contributed by atoms with Crippen LogP contribution in [0.5, 0.6) is 0 Å². The fourth-order valence-corrected chi connectivity index (χ4v) is 3.52. The van der Waals surface area contributed by atoms with Gasteiger partial charge in [0.1, 0.15) is 5.82 Å². The standard InChI is InChI=1S/C9H7Cl2FN4O2S/c1-19(17,18)7-5(10)4-14-8(11)16(7)6-2-3-13-9(12)15-6/h2-4,7H,1H3. The molecule has 0 saturated carbocycles. The molecule has 0 aromatic carbocycles. The van der Waals surface area contributed by atoms with Gasteiger partial charge in [-0.25, -0.2) is 18.4 Å². The van der Waals surface area contributed by atoms with E-state index in [4.69, 9.17) is 23.2 Å². The molecule has 10 heteroatoms. The van der Waals surface area contributed by atoms with E-state index in [-0.39, 0.29) is 16.1 Å². The maximum atomic E-state index is 13.0. The molecule has 1 aliphatic rings. The van der Waals surface area contributed by atoms with Crippen LogP contribution in [0.3, 0.4) is 0 Å². The van der Waals surface area contributed by atoms with Gasteiger partial charge in [-0.2, -0.15) is 9.37 Å². The lowest BCUT2D eigenvalue weighted by Crippen LogP contribution is -2.45. The van der Waals surface area contributed by atoms with Crippen molar-refractivity contribution in [3.63, 3.8) is 0 Å². The van der Waals surface area contributed by atoms with Crippen LogP contribution in [-0.4, -0.2) is 35.3 Å². The van der Waals surface area contributed by atoms with Crippen LogP contribution >= 0.6 is 23.2 Å². The third kappa shape index (κ3) is 2.85. The summed E-state index contributed by atoms with van der Waals surface area (Å²) in [5, 5.41) is -1.54. The monoisotopic (exact) mass is 324 g/mol. The third-order valence-electron chi connectivity index (χ3n) is 2.23. The van der Waals surface area contributed by atoms with Crippen LogP contribution in [0.2, 0.25) is 0 Å². The van der Waals surface area contributed by atoms with Gasteiger partial charge in [-0.15, -0.1) is 0 Å². The highest BCUT2D eigenvalue weighted by atomic mass is 35.5. The van der Waals surface area contributed by atoms with Gasteiger partial charge in [0.05, 0.1) is 5.03 Å². The number of rotatable bonds is 2. The van der Waals surface area contributed by atoms with Crippen LogP contribution in [0.1, 0.15) is 0 Å². The third-order valence-corrected chi connectivity index (χ3v) is 4.22. The van der Waals surface area contributed by atoms with Crippen molar-refractivity contribution in [1.29, 1.82) is 0 Å². The van der Waals surface area contributed by atoms with Gasteiger partial charge in [0.2, 0.25) is 5.29 Å². The van der Waals surface area contributed by atoms with E-state index in [0.29, 0.717) is 0 Å². The van der Waals surface area contributed by atoms with E-state index in [1.54, 1.807) is 0 Å². The second-order valence-corrected chi connectivity index (χ2v) is 6.53. The van der Waals surface area contributed by atoms with Gasteiger partial charge < -0.3 is 0 Å². The Labute approximate surface area is 118 Å². The highest BCUT2D eigenvalue weighted by Gasteiger charge is 2.37. The number of anilines is 1. The summed E-state index contributed by atoms with van der Waals surface area (Å²) in [5.41, 5.74) is 0. The largest absolute Gasteiger partial charge is 0.310 e. The number of halogens is 3. The first kappa shape index (κ1) is 14.2. The van der Waals surface area contributed by atoms with Crippen molar-refractivity contribution >= 4 is 44.2 Å². The lowest BCUT2D eigenvalue weighted by molar-refractivity contribution is 0.538. The lowest BCUT2D eigenvalue weighted by atomic mass is 10.4. The fraction of sp³-hybridized carbons (Fsp3) is 0.222. The van der Waals surface area contributed by atoms with Crippen LogP contribution in [0, 0.1) is 6.08 Å². The fourth-order valence-electron chi connectivity index (χ4n) is 1.53. The zero-order valence-electron chi connectivity index (χ0n) is 9.46. The first-order chi connectivity index (χ1) is 8.80. The van der Waals surface area contributed by atoms with Gasteiger partial charge in [0.15, 0.2) is 15.2 Å². The number of aliphatic imine (C=N–C) groups is 1. The molecular weight excluding hydrogens is 318 g/mol. The van der Waals surface area contributed by atoms with Crippen LogP contribution < -0.4 is 4.90 Å². The van der Waals surface area contributed by atoms with Crippen LogP contribution in [0.4, 0.5) is 10.2 Å². The molecule has 0 radical (unpaired) electrons. The van der Waals surface area contributed by atoms with Gasteiger partial charge in [0, 0.05) is 18.7 Å². The Hall–Kier alpha value is -1.25. The van der Waals surface area contributed by atoms with Crippen molar-refractivity contribution in [1.82, 2.24) is 9.97 Å². The molecule has 2 rings (SSSR count). The van der Waals surface area contributed by atoms with Gasteiger partial charge in [-0.05, 0) is 17.7 Å². The van der Waals surface area contributed by atoms with Crippen molar-refractivity contribution in [3.05, 3.63) is 29.6 Å². The molecule has 0 N–H and O–H groups in total. The lowest BCUT2D eigenvalue weighted by Gasteiger charge is -2.31. The molecule has 2 heterocycles. The molecule has 0 spiro atoms.